The molecule has 0 aromatic heterocycles. The molecule has 1 unspecified atom stereocenters. The lowest BCUT2D eigenvalue weighted by Gasteiger charge is -2.14. The lowest BCUT2D eigenvalue weighted by molar-refractivity contribution is 0.304. The maximum atomic E-state index is 5.81. The van der Waals surface area contributed by atoms with Crippen LogP contribution in [0.15, 0.2) is 22.7 Å². The molecule has 0 radical (unpaired) electrons. The van der Waals surface area contributed by atoms with Gasteiger partial charge in [0.15, 0.2) is 0 Å². The summed E-state index contributed by atoms with van der Waals surface area (Å²) in [6, 6.07) is 6.60. The summed E-state index contributed by atoms with van der Waals surface area (Å²) in [5.41, 5.74) is 1.26. The van der Waals surface area contributed by atoms with E-state index in [9.17, 15) is 0 Å². The van der Waals surface area contributed by atoms with Crippen molar-refractivity contribution in [1.29, 1.82) is 0 Å². The minimum absolute atomic E-state index is 0.344. The van der Waals surface area contributed by atoms with E-state index in [1.807, 2.05) is 7.05 Å². The van der Waals surface area contributed by atoms with Gasteiger partial charge in [0.1, 0.15) is 5.75 Å². The molecule has 1 atom stereocenters. The molecule has 1 N–H and O–H groups in total. The number of halogens is 1. The van der Waals surface area contributed by atoms with Crippen LogP contribution in [0.25, 0.3) is 0 Å². The first-order chi connectivity index (χ1) is 9.69. The van der Waals surface area contributed by atoms with Crippen molar-refractivity contribution in [1.82, 2.24) is 5.32 Å². The van der Waals surface area contributed by atoms with Gasteiger partial charge in [-0.25, -0.2) is 0 Å². The van der Waals surface area contributed by atoms with Gasteiger partial charge in [0.2, 0.25) is 0 Å². The van der Waals surface area contributed by atoms with Gasteiger partial charge < -0.3 is 10.1 Å². The smallest absolute Gasteiger partial charge is 0.120 e. The number of hydrogen-bond acceptors (Lipinski definition) is 2. The number of unbranched alkanes of at least 4 members (excludes halogenated alkanes) is 5. The van der Waals surface area contributed by atoms with E-state index in [2.05, 4.69) is 53.3 Å². The third kappa shape index (κ3) is 6.27. The van der Waals surface area contributed by atoms with Crippen molar-refractivity contribution < 1.29 is 4.74 Å². The van der Waals surface area contributed by atoms with Gasteiger partial charge in [0, 0.05) is 10.5 Å². The molecule has 0 spiro atoms. The molecule has 1 aromatic carbocycles. The van der Waals surface area contributed by atoms with Gasteiger partial charge in [-0.15, -0.1) is 0 Å². The van der Waals surface area contributed by atoms with E-state index in [1.54, 1.807) is 0 Å². The topological polar surface area (TPSA) is 21.3 Å². The third-order valence-corrected chi connectivity index (χ3v) is 4.32. The van der Waals surface area contributed by atoms with E-state index >= 15 is 0 Å². The summed E-state index contributed by atoms with van der Waals surface area (Å²) in [7, 11) is 1.97. The monoisotopic (exact) mass is 341 g/mol. The Morgan fingerprint density at radius 2 is 1.85 bits per heavy atom. The van der Waals surface area contributed by atoms with Crippen LogP contribution in [0.1, 0.15) is 64.0 Å². The molecule has 3 heteroatoms. The molecule has 0 saturated carbocycles. The Labute approximate surface area is 132 Å². The minimum atomic E-state index is 0.344. The van der Waals surface area contributed by atoms with Crippen LogP contribution in [0.2, 0.25) is 0 Å². The Hall–Kier alpha value is -0.540. The maximum Gasteiger partial charge on any atom is 0.120 e. The predicted molar refractivity (Wildman–Crippen MR) is 90.5 cm³/mol. The van der Waals surface area contributed by atoms with Crippen molar-refractivity contribution in [2.24, 2.45) is 0 Å². The highest BCUT2D eigenvalue weighted by Crippen LogP contribution is 2.27. The molecule has 2 nitrogen and oxygen atoms in total. The van der Waals surface area contributed by atoms with Crippen LogP contribution < -0.4 is 10.1 Å². The van der Waals surface area contributed by atoms with Crippen LogP contribution in [0.5, 0.6) is 5.75 Å². The van der Waals surface area contributed by atoms with Gasteiger partial charge in [0.25, 0.3) is 0 Å². The fourth-order valence-corrected chi connectivity index (χ4v) is 2.88. The molecule has 1 aromatic rings. The van der Waals surface area contributed by atoms with E-state index in [-0.39, 0.29) is 0 Å². The van der Waals surface area contributed by atoms with Gasteiger partial charge in [-0.1, -0.05) is 61.0 Å². The summed E-state index contributed by atoms with van der Waals surface area (Å²) in [6.07, 6.45) is 7.78. The van der Waals surface area contributed by atoms with Gasteiger partial charge in [-0.2, -0.15) is 0 Å². The zero-order chi connectivity index (χ0) is 14.8. The van der Waals surface area contributed by atoms with Crippen LogP contribution >= 0.6 is 15.9 Å². The molecule has 0 bridgehead atoms. The number of nitrogens with one attached hydrogen (secondary N) is 1. The molecule has 0 amide bonds. The third-order valence-electron chi connectivity index (χ3n) is 3.64. The molecular formula is C17H28BrNO. The molecule has 0 fully saturated rings. The summed E-state index contributed by atoms with van der Waals surface area (Å²) in [5.74, 6) is 0.956. The number of rotatable bonds is 10. The highest BCUT2D eigenvalue weighted by molar-refractivity contribution is 9.10. The van der Waals surface area contributed by atoms with Gasteiger partial charge in [-0.05, 0) is 38.1 Å². The molecule has 0 aliphatic carbocycles. The molecule has 0 saturated heterocycles. The van der Waals surface area contributed by atoms with Crippen LogP contribution in [0.3, 0.4) is 0 Å². The van der Waals surface area contributed by atoms with E-state index in [0.717, 1.165) is 23.2 Å². The van der Waals surface area contributed by atoms with Gasteiger partial charge >= 0.3 is 0 Å². The van der Waals surface area contributed by atoms with Crippen LogP contribution in [0.4, 0.5) is 0 Å². The first-order valence-electron chi connectivity index (χ1n) is 7.78. The Balaban J connectivity index is 2.29. The Morgan fingerprint density at radius 3 is 2.50 bits per heavy atom. The summed E-state index contributed by atoms with van der Waals surface area (Å²) >= 11 is 3.62. The summed E-state index contributed by atoms with van der Waals surface area (Å²) in [5, 5.41) is 3.25. The van der Waals surface area contributed by atoms with Crippen molar-refractivity contribution in [3.05, 3.63) is 28.2 Å². The van der Waals surface area contributed by atoms with Crippen molar-refractivity contribution in [2.75, 3.05) is 13.7 Å². The zero-order valence-corrected chi connectivity index (χ0v) is 14.6. The van der Waals surface area contributed by atoms with E-state index < -0.39 is 0 Å². The lowest BCUT2D eigenvalue weighted by atomic mass is 10.1. The average Bonchev–Trinajstić information content (AvgIpc) is 2.45. The molecule has 1 rings (SSSR count). The summed E-state index contributed by atoms with van der Waals surface area (Å²) < 4.78 is 6.92. The molecule has 20 heavy (non-hydrogen) atoms. The summed E-state index contributed by atoms with van der Waals surface area (Å²) in [4.78, 5) is 0. The van der Waals surface area contributed by atoms with Crippen LogP contribution in [0, 0.1) is 0 Å². The second-order valence-corrected chi connectivity index (χ2v) is 6.16. The van der Waals surface area contributed by atoms with Gasteiger partial charge in [0.05, 0.1) is 6.61 Å². The predicted octanol–water partition coefficient (Wildman–Crippen LogP) is 5.47. The molecule has 0 heterocycles. The van der Waals surface area contributed by atoms with Crippen molar-refractivity contribution >= 4 is 15.9 Å². The van der Waals surface area contributed by atoms with Crippen LogP contribution in [-0.4, -0.2) is 13.7 Å². The lowest BCUT2D eigenvalue weighted by Crippen LogP contribution is -2.12. The Bertz CT molecular complexity index is 381. The maximum absolute atomic E-state index is 5.81. The van der Waals surface area contributed by atoms with Crippen molar-refractivity contribution in [3.63, 3.8) is 0 Å². The largest absolute Gasteiger partial charge is 0.494 e. The fourth-order valence-electron chi connectivity index (χ4n) is 2.18. The van der Waals surface area contributed by atoms with Crippen molar-refractivity contribution in [2.45, 2.75) is 58.4 Å². The summed E-state index contributed by atoms with van der Waals surface area (Å²) in [6.45, 7) is 5.22. The minimum Gasteiger partial charge on any atom is -0.494 e. The molecule has 0 aliphatic heterocycles. The van der Waals surface area contributed by atoms with Crippen LogP contribution in [-0.2, 0) is 0 Å². The quantitative estimate of drug-likeness (QED) is 0.569. The highest BCUT2D eigenvalue weighted by Gasteiger charge is 2.08. The number of ether oxygens (including phenoxy) is 1. The van der Waals surface area contributed by atoms with E-state index in [4.69, 9.17) is 4.74 Å². The average molecular weight is 342 g/mol. The highest BCUT2D eigenvalue weighted by atomic mass is 79.9. The Morgan fingerprint density at radius 1 is 1.15 bits per heavy atom. The first-order valence-corrected chi connectivity index (χ1v) is 8.57. The first kappa shape index (κ1) is 17.5. The number of benzene rings is 1. The second kappa shape index (κ2) is 10.2. The number of hydrogen-bond donors (Lipinski definition) is 1. The molecule has 114 valence electrons. The zero-order valence-electron chi connectivity index (χ0n) is 13.0. The molecular weight excluding hydrogens is 314 g/mol. The standard InChI is InChI=1S/C17H28BrNO/c1-4-5-6-7-8-9-12-20-15-10-11-16(14(2)19-3)17(18)13-15/h10-11,13-14,19H,4-9,12H2,1-3H3. The SMILES string of the molecule is CCCCCCCCOc1ccc(C(C)NC)c(Br)c1. The van der Waals surface area contributed by atoms with E-state index in [1.165, 1.54) is 37.7 Å². The fraction of sp³-hybridized carbons (Fsp3) is 0.647. The van der Waals surface area contributed by atoms with Gasteiger partial charge in [-0.3, -0.25) is 0 Å². The van der Waals surface area contributed by atoms with Crippen molar-refractivity contribution in [3.8, 4) is 5.75 Å². The normalized spacial score (nSPS) is 12.4. The second-order valence-electron chi connectivity index (χ2n) is 5.31. The Kier molecular flexibility index (Phi) is 8.95. The van der Waals surface area contributed by atoms with E-state index in [0.29, 0.717) is 6.04 Å². The molecule has 0 aliphatic rings.